The van der Waals surface area contributed by atoms with Gasteiger partial charge in [-0.05, 0) is 42.6 Å². The van der Waals surface area contributed by atoms with E-state index in [4.69, 9.17) is 11.6 Å². The van der Waals surface area contributed by atoms with E-state index in [-0.39, 0.29) is 4.90 Å². The molecule has 2 aromatic heterocycles. The van der Waals surface area contributed by atoms with E-state index in [2.05, 4.69) is 9.97 Å². The standard InChI is InChI=1S/C18H13ClN2O2S/c1-10-3-5-14-17-15(7-11(19)9-20-17)13-6-4-12(24(2,22)23)8-16(13)18(14)21-10/h3-9H,1-2H3. The lowest BCUT2D eigenvalue weighted by molar-refractivity contribution is 0.602. The van der Waals surface area contributed by atoms with Gasteiger partial charge in [0.05, 0.1) is 21.0 Å². The fourth-order valence-corrected chi connectivity index (χ4v) is 3.80. The Morgan fingerprint density at radius 1 is 0.917 bits per heavy atom. The molecule has 0 atom stereocenters. The summed E-state index contributed by atoms with van der Waals surface area (Å²) in [7, 11) is -3.30. The fraction of sp³-hybridized carbons (Fsp3) is 0.111. The van der Waals surface area contributed by atoms with E-state index < -0.39 is 9.84 Å². The average Bonchev–Trinajstić information content (AvgIpc) is 2.53. The van der Waals surface area contributed by atoms with E-state index in [0.29, 0.717) is 5.02 Å². The van der Waals surface area contributed by atoms with E-state index in [1.165, 1.54) is 6.26 Å². The van der Waals surface area contributed by atoms with Crippen LogP contribution in [0.4, 0.5) is 0 Å². The van der Waals surface area contributed by atoms with Crippen LogP contribution in [-0.4, -0.2) is 24.6 Å². The number of hydrogen-bond acceptors (Lipinski definition) is 4. The van der Waals surface area contributed by atoms with Gasteiger partial charge in [0.2, 0.25) is 0 Å². The summed E-state index contributed by atoms with van der Waals surface area (Å²) in [6.07, 6.45) is 2.81. The Balaban J connectivity index is 2.33. The first-order valence-electron chi connectivity index (χ1n) is 7.33. The second kappa shape index (κ2) is 5.13. The highest BCUT2D eigenvalue weighted by Crippen LogP contribution is 2.35. The van der Waals surface area contributed by atoms with Gasteiger partial charge >= 0.3 is 0 Å². The number of hydrogen-bond donors (Lipinski definition) is 0. The Labute approximate surface area is 144 Å². The Hall–Kier alpha value is -2.24. The molecule has 0 saturated heterocycles. The van der Waals surface area contributed by atoms with E-state index in [1.807, 2.05) is 25.1 Å². The van der Waals surface area contributed by atoms with Crippen LogP contribution < -0.4 is 0 Å². The highest BCUT2D eigenvalue weighted by molar-refractivity contribution is 7.90. The maximum absolute atomic E-state index is 11.9. The van der Waals surface area contributed by atoms with Crippen LogP contribution in [0, 0.1) is 6.92 Å². The Morgan fingerprint density at radius 3 is 2.38 bits per heavy atom. The smallest absolute Gasteiger partial charge is 0.175 e. The van der Waals surface area contributed by atoms with Crippen LogP contribution >= 0.6 is 11.6 Å². The molecule has 0 spiro atoms. The van der Waals surface area contributed by atoms with Crippen LogP contribution in [0.15, 0.2) is 47.5 Å². The van der Waals surface area contributed by atoms with E-state index in [0.717, 1.165) is 38.3 Å². The maximum atomic E-state index is 11.9. The minimum Gasteiger partial charge on any atom is -0.254 e. The van der Waals surface area contributed by atoms with Crippen molar-refractivity contribution in [3.8, 4) is 0 Å². The molecule has 6 heteroatoms. The van der Waals surface area contributed by atoms with Crippen molar-refractivity contribution in [2.24, 2.45) is 0 Å². The summed E-state index contributed by atoms with van der Waals surface area (Å²) in [5, 5.41) is 3.97. The minimum absolute atomic E-state index is 0.272. The summed E-state index contributed by atoms with van der Waals surface area (Å²) in [4.78, 5) is 9.37. The first kappa shape index (κ1) is 15.3. The molecular formula is C18H13ClN2O2S. The molecule has 0 saturated carbocycles. The molecule has 2 heterocycles. The van der Waals surface area contributed by atoms with Gasteiger partial charge in [-0.3, -0.25) is 9.97 Å². The largest absolute Gasteiger partial charge is 0.254 e. The number of pyridine rings is 2. The van der Waals surface area contributed by atoms with Gasteiger partial charge in [-0.15, -0.1) is 0 Å². The molecule has 0 amide bonds. The van der Waals surface area contributed by atoms with Crippen LogP contribution in [0.5, 0.6) is 0 Å². The third kappa shape index (κ3) is 2.32. The second-order valence-corrected chi connectivity index (χ2v) is 8.33. The molecule has 0 aliphatic carbocycles. The number of benzene rings is 2. The van der Waals surface area contributed by atoms with Gasteiger partial charge < -0.3 is 0 Å². The van der Waals surface area contributed by atoms with Crippen LogP contribution in [0.25, 0.3) is 32.6 Å². The summed E-state index contributed by atoms with van der Waals surface area (Å²) in [5.74, 6) is 0. The number of halogens is 1. The average molecular weight is 357 g/mol. The Kier molecular flexibility index (Phi) is 3.27. The molecule has 0 radical (unpaired) electrons. The molecule has 2 aromatic carbocycles. The Morgan fingerprint density at radius 2 is 1.62 bits per heavy atom. The molecule has 0 fully saturated rings. The predicted octanol–water partition coefficient (Wildman–Crippen LogP) is 4.30. The third-order valence-electron chi connectivity index (χ3n) is 4.11. The van der Waals surface area contributed by atoms with Crippen molar-refractivity contribution >= 4 is 54.0 Å². The first-order chi connectivity index (χ1) is 11.3. The van der Waals surface area contributed by atoms with Crippen molar-refractivity contribution < 1.29 is 8.42 Å². The number of rotatable bonds is 1. The molecule has 0 N–H and O–H groups in total. The van der Waals surface area contributed by atoms with Crippen molar-refractivity contribution in [2.45, 2.75) is 11.8 Å². The van der Waals surface area contributed by atoms with Crippen molar-refractivity contribution in [1.82, 2.24) is 9.97 Å². The molecule has 24 heavy (non-hydrogen) atoms. The molecular weight excluding hydrogens is 344 g/mol. The van der Waals surface area contributed by atoms with Crippen LogP contribution in [-0.2, 0) is 9.84 Å². The van der Waals surface area contributed by atoms with E-state index in [1.54, 1.807) is 24.4 Å². The normalized spacial score (nSPS) is 12.3. The number of fused-ring (bicyclic) bond motifs is 6. The van der Waals surface area contributed by atoms with Gasteiger partial charge in [-0.25, -0.2) is 8.42 Å². The summed E-state index contributed by atoms with van der Waals surface area (Å²) < 4.78 is 23.9. The van der Waals surface area contributed by atoms with Crippen molar-refractivity contribution in [2.75, 3.05) is 6.26 Å². The summed E-state index contributed by atoms with van der Waals surface area (Å²) in [6, 6.07) is 10.8. The number of sulfone groups is 1. The second-order valence-electron chi connectivity index (χ2n) is 5.88. The van der Waals surface area contributed by atoms with Crippen molar-refractivity contribution in [1.29, 1.82) is 0 Å². The molecule has 120 valence electrons. The van der Waals surface area contributed by atoms with Gasteiger partial charge in [-0.1, -0.05) is 17.7 Å². The molecule has 0 bridgehead atoms. The zero-order chi connectivity index (χ0) is 17.1. The van der Waals surface area contributed by atoms with Gasteiger partial charge in [0.15, 0.2) is 9.84 Å². The fourth-order valence-electron chi connectivity index (χ4n) is 3.00. The van der Waals surface area contributed by atoms with Crippen molar-refractivity contribution in [3.63, 3.8) is 0 Å². The highest BCUT2D eigenvalue weighted by Gasteiger charge is 2.14. The summed E-state index contributed by atoms with van der Waals surface area (Å²) >= 11 is 6.13. The number of aromatic nitrogens is 2. The van der Waals surface area contributed by atoms with Gasteiger partial charge in [-0.2, -0.15) is 0 Å². The zero-order valence-electron chi connectivity index (χ0n) is 13.0. The molecule has 0 aliphatic heterocycles. The van der Waals surface area contributed by atoms with Crippen LogP contribution in [0.2, 0.25) is 5.02 Å². The molecule has 0 unspecified atom stereocenters. The SMILES string of the molecule is Cc1ccc2c3ncc(Cl)cc3c3ccc(S(C)(=O)=O)cc3c2n1. The topological polar surface area (TPSA) is 59.9 Å². The lowest BCUT2D eigenvalue weighted by Gasteiger charge is -2.11. The van der Waals surface area contributed by atoms with Gasteiger partial charge in [0.1, 0.15) is 0 Å². The number of aryl methyl sites for hydroxylation is 1. The van der Waals surface area contributed by atoms with E-state index in [9.17, 15) is 8.42 Å². The third-order valence-corrected chi connectivity index (χ3v) is 5.43. The molecule has 4 aromatic rings. The molecule has 4 nitrogen and oxygen atoms in total. The molecule has 0 aliphatic rings. The minimum atomic E-state index is -3.30. The predicted molar refractivity (Wildman–Crippen MR) is 97.4 cm³/mol. The quantitative estimate of drug-likeness (QED) is 0.477. The van der Waals surface area contributed by atoms with Crippen LogP contribution in [0.1, 0.15) is 5.69 Å². The maximum Gasteiger partial charge on any atom is 0.175 e. The van der Waals surface area contributed by atoms with Gasteiger partial charge in [0.25, 0.3) is 0 Å². The van der Waals surface area contributed by atoms with Gasteiger partial charge in [0, 0.05) is 34.3 Å². The monoisotopic (exact) mass is 356 g/mol. The first-order valence-corrected chi connectivity index (χ1v) is 9.60. The summed E-state index contributed by atoms with van der Waals surface area (Å²) in [5.41, 5.74) is 2.42. The zero-order valence-corrected chi connectivity index (χ0v) is 14.6. The lowest BCUT2D eigenvalue weighted by atomic mass is 10.00. The number of nitrogens with zero attached hydrogens (tertiary/aromatic N) is 2. The Bertz CT molecular complexity index is 1250. The van der Waals surface area contributed by atoms with Crippen molar-refractivity contribution in [3.05, 3.63) is 53.3 Å². The summed E-state index contributed by atoms with van der Waals surface area (Å²) in [6.45, 7) is 1.91. The highest BCUT2D eigenvalue weighted by atomic mass is 35.5. The van der Waals surface area contributed by atoms with E-state index >= 15 is 0 Å². The van der Waals surface area contributed by atoms with Crippen LogP contribution in [0.3, 0.4) is 0 Å². The lowest BCUT2D eigenvalue weighted by Crippen LogP contribution is -1.97. The molecule has 4 rings (SSSR count).